The number of carbonyl (C=O) groups excluding carboxylic acids is 1. The Morgan fingerprint density at radius 3 is 2.52 bits per heavy atom. The summed E-state index contributed by atoms with van der Waals surface area (Å²) in [5.74, 6) is -0.151. The quantitative estimate of drug-likeness (QED) is 0.837. The number of carbonyl (C=O) groups is 1. The van der Waals surface area contributed by atoms with Gasteiger partial charge in [0.05, 0.1) is 5.69 Å². The second-order valence-corrected chi connectivity index (χ2v) is 6.66. The van der Waals surface area contributed by atoms with Gasteiger partial charge < -0.3 is 11.1 Å². The molecule has 118 valence electrons. The van der Waals surface area contributed by atoms with E-state index in [1.807, 2.05) is 0 Å². The first-order valence-corrected chi connectivity index (χ1v) is 7.50. The second-order valence-electron chi connectivity index (χ2n) is 6.66. The Hall–Kier alpha value is -1.42. The lowest BCUT2D eigenvalue weighted by Gasteiger charge is -2.30. The number of anilines is 1. The molecule has 1 rings (SSSR count). The lowest BCUT2D eigenvalue weighted by molar-refractivity contribution is -0.116. The molecule has 1 aromatic rings. The van der Waals surface area contributed by atoms with Crippen LogP contribution in [0, 0.1) is 24.1 Å². The lowest BCUT2D eigenvalue weighted by Crippen LogP contribution is -2.25. The Morgan fingerprint density at radius 2 is 2.00 bits per heavy atom. The zero-order chi connectivity index (χ0) is 16.0. The molecule has 0 radical (unpaired) electrons. The summed E-state index contributed by atoms with van der Waals surface area (Å²) in [6.45, 7) is 8.88. The number of benzene rings is 1. The standard InChI is InChI=1S/C17H27FN2O/c1-12-6-5-7-14(18)16(12)20-15(21)9-8-13(10-11-19)17(2,3)4/h5-7,13H,8-11,19H2,1-4H3,(H,20,21). The normalized spacial score (nSPS) is 13.0. The van der Waals surface area contributed by atoms with Crippen molar-refractivity contribution in [2.24, 2.45) is 17.1 Å². The molecular formula is C17H27FN2O. The van der Waals surface area contributed by atoms with Gasteiger partial charge in [0.1, 0.15) is 5.82 Å². The van der Waals surface area contributed by atoms with E-state index in [2.05, 4.69) is 26.1 Å². The molecule has 0 saturated heterocycles. The Labute approximate surface area is 127 Å². The number of hydrogen-bond donors (Lipinski definition) is 2. The summed E-state index contributed by atoms with van der Waals surface area (Å²) in [5.41, 5.74) is 6.78. The number of aryl methyl sites for hydroxylation is 1. The molecule has 0 saturated carbocycles. The van der Waals surface area contributed by atoms with Crippen LogP contribution in [0.3, 0.4) is 0 Å². The predicted octanol–water partition coefficient (Wildman–Crippen LogP) is 3.86. The zero-order valence-corrected chi connectivity index (χ0v) is 13.5. The van der Waals surface area contributed by atoms with Gasteiger partial charge in [-0.2, -0.15) is 0 Å². The van der Waals surface area contributed by atoms with E-state index >= 15 is 0 Å². The van der Waals surface area contributed by atoms with Gasteiger partial charge in [0.15, 0.2) is 0 Å². The number of amides is 1. The van der Waals surface area contributed by atoms with Crippen molar-refractivity contribution in [1.82, 2.24) is 0 Å². The summed E-state index contributed by atoms with van der Waals surface area (Å²) in [7, 11) is 0. The van der Waals surface area contributed by atoms with Crippen LogP contribution in [0.15, 0.2) is 18.2 Å². The van der Waals surface area contributed by atoms with Gasteiger partial charge in [-0.15, -0.1) is 0 Å². The maximum Gasteiger partial charge on any atom is 0.224 e. The maximum atomic E-state index is 13.7. The fourth-order valence-corrected chi connectivity index (χ4v) is 2.51. The molecule has 4 heteroatoms. The molecule has 0 aliphatic heterocycles. The fourth-order valence-electron chi connectivity index (χ4n) is 2.51. The van der Waals surface area contributed by atoms with Gasteiger partial charge in [-0.05, 0) is 49.3 Å². The zero-order valence-electron chi connectivity index (χ0n) is 13.5. The van der Waals surface area contributed by atoms with Crippen molar-refractivity contribution in [1.29, 1.82) is 0 Å². The number of hydrogen-bond acceptors (Lipinski definition) is 2. The van der Waals surface area contributed by atoms with Crippen molar-refractivity contribution in [2.75, 3.05) is 11.9 Å². The highest BCUT2D eigenvalue weighted by molar-refractivity contribution is 5.91. The second kappa shape index (κ2) is 7.55. The Bertz CT molecular complexity index is 460. The van der Waals surface area contributed by atoms with Gasteiger partial charge >= 0.3 is 0 Å². The van der Waals surface area contributed by atoms with Crippen LogP contribution in [0.25, 0.3) is 0 Å². The first kappa shape index (κ1) is 17.6. The summed E-state index contributed by atoms with van der Waals surface area (Å²) < 4.78 is 13.7. The molecule has 1 amide bonds. The SMILES string of the molecule is Cc1cccc(F)c1NC(=O)CCC(CCN)C(C)(C)C. The van der Waals surface area contributed by atoms with E-state index in [-0.39, 0.29) is 17.0 Å². The molecule has 3 N–H and O–H groups in total. The van der Waals surface area contributed by atoms with E-state index in [1.54, 1.807) is 19.1 Å². The summed E-state index contributed by atoms with van der Waals surface area (Å²) in [4.78, 5) is 12.0. The average Bonchev–Trinajstić information content (AvgIpc) is 2.37. The Balaban J connectivity index is 2.61. The van der Waals surface area contributed by atoms with Crippen molar-refractivity contribution in [2.45, 2.75) is 47.0 Å². The number of nitrogens with one attached hydrogen (secondary N) is 1. The molecule has 0 spiro atoms. The van der Waals surface area contributed by atoms with Crippen molar-refractivity contribution >= 4 is 11.6 Å². The molecule has 0 heterocycles. The molecule has 3 nitrogen and oxygen atoms in total. The minimum Gasteiger partial charge on any atom is -0.330 e. The Kier molecular flexibility index (Phi) is 6.34. The molecule has 1 atom stereocenters. The molecule has 0 fully saturated rings. The lowest BCUT2D eigenvalue weighted by atomic mass is 9.76. The number of rotatable bonds is 6. The van der Waals surface area contributed by atoms with Crippen LogP contribution in [-0.2, 0) is 4.79 Å². The monoisotopic (exact) mass is 294 g/mol. The van der Waals surface area contributed by atoms with E-state index in [1.165, 1.54) is 6.07 Å². The van der Waals surface area contributed by atoms with Crippen molar-refractivity contribution in [3.8, 4) is 0 Å². The molecule has 0 aliphatic carbocycles. The van der Waals surface area contributed by atoms with E-state index in [0.29, 0.717) is 18.9 Å². The smallest absolute Gasteiger partial charge is 0.224 e. The molecule has 1 aromatic carbocycles. The van der Waals surface area contributed by atoms with E-state index < -0.39 is 5.82 Å². The van der Waals surface area contributed by atoms with Gasteiger partial charge in [0, 0.05) is 6.42 Å². The van der Waals surface area contributed by atoms with Crippen LogP contribution in [0.5, 0.6) is 0 Å². The van der Waals surface area contributed by atoms with Gasteiger partial charge in [-0.3, -0.25) is 4.79 Å². The number of halogens is 1. The third-order valence-corrected chi connectivity index (χ3v) is 3.95. The predicted molar refractivity (Wildman–Crippen MR) is 85.6 cm³/mol. The first-order valence-electron chi connectivity index (χ1n) is 7.50. The summed E-state index contributed by atoms with van der Waals surface area (Å²) in [6.07, 6.45) is 2.05. The van der Waals surface area contributed by atoms with Crippen LogP contribution in [0.4, 0.5) is 10.1 Å². The molecule has 21 heavy (non-hydrogen) atoms. The van der Waals surface area contributed by atoms with Gasteiger partial charge in [0.2, 0.25) is 5.91 Å². The summed E-state index contributed by atoms with van der Waals surface area (Å²) in [6, 6.07) is 4.78. The average molecular weight is 294 g/mol. The van der Waals surface area contributed by atoms with Crippen LogP contribution in [0.2, 0.25) is 0 Å². The third-order valence-electron chi connectivity index (χ3n) is 3.95. The van der Waals surface area contributed by atoms with Gasteiger partial charge in [-0.1, -0.05) is 32.9 Å². The first-order chi connectivity index (χ1) is 9.75. The van der Waals surface area contributed by atoms with E-state index in [0.717, 1.165) is 18.4 Å². The van der Waals surface area contributed by atoms with Crippen LogP contribution in [0.1, 0.15) is 45.6 Å². The molecular weight excluding hydrogens is 267 g/mol. The highest BCUT2D eigenvalue weighted by Gasteiger charge is 2.24. The molecule has 0 aromatic heterocycles. The van der Waals surface area contributed by atoms with Crippen LogP contribution >= 0.6 is 0 Å². The molecule has 0 aliphatic rings. The van der Waals surface area contributed by atoms with E-state index in [9.17, 15) is 9.18 Å². The molecule has 0 bridgehead atoms. The summed E-state index contributed by atoms with van der Waals surface area (Å²) in [5, 5.41) is 2.68. The van der Waals surface area contributed by atoms with Crippen molar-refractivity contribution in [3.63, 3.8) is 0 Å². The van der Waals surface area contributed by atoms with Crippen LogP contribution < -0.4 is 11.1 Å². The maximum absolute atomic E-state index is 13.7. The Morgan fingerprint density at radius 1 is 1.33 bits per heavy atom. The third kappa shape index (κ3) is 5.46. The number of nitrogens with two attached hydrogens (primary N) is 1. The minimum atomic E-state index is -0.391. The van der Waals surface area contributed by atoms with Crippen LogP contribution in [-0.4, -0.2) is 12.5 Å². The van der Waals surface area contributed by atoms with Crippen molar-refractivity contribution in [3.05, 3.63) is 29.6 Å². The highest BCUT2D eigenvalue weighted by atomic mass is 19.1. The summed E-state index contributed by atoms with van der Waals surface area (Å²) >= 11 is 0. The highest BCUT2D eigenvalue weighted by Crippen LogP contribution is 2.32. The van der Waals surface area contributed by atoms with Crippen molar-refractivity contribution < 1.29 is 9.18 Å². The fraction of sp³-hybridized carbons (Fsp3) is 0.588. The number of para-hydroxylation sites is 1. The van der Waals surface area contributed by atoms with E-state index in [4.69, 9.17) is 5.73 Å². The topological polar surface area (TPSA) is 55.1 Å². The largest absolute Gasteiger partial charge is 0.330 e. The van der Waals surface area contributed by atoms with Gasteiger partial charge in [-0.25, -0.2) is 4.39 Å². The van der Waals surface area contributed by atoms with Gasteiger partial charge in [0.25, 0.3) is 0 Å². The molecule has 1 unspecified atom stereocenters. The minimum absolute atomic E-state index is 0.119.